The fourth-order valence-electron chi connectivity index (χ4n) is 2.72. The van der Waals surface area contributed by atoms with E-state index < -0.39 is 0 Å². The van der Waals surface area contributed by atoms with Crippen molar-refractivity contribution < 1.29 is 19.0 Å². The van der Waals surface area contributed by atoms with E-state index in [0.717, 1.165) is 22.3 Å². The summed E-state index contributed by atoms with van der Waals surface area (Å²) in [5, 5.41) is 4.95. The van der Waals surface area contributed by atoms with Crippen LogP contribution >= 0.6 is 0 Å². The summed E-state index contributed by atoms with van der Waals surface area (Å²) in [5.41, 5.74) is 0. The lowest BCUT2D eigenvalue weighted by Crippen LogP contribution is -2.39. The van der Waals surface area contributed by atoms with E-state index in [4.69, 9.17) is 14.2 Å². The summed E-state index contributed by atoms with van der Waals surface area (Å²) < 4.78 is 16.5. The number of ether oxygens (including phenoxy) is 3. The Morgan fingerprint density at radius 2 is 1.63 bits per heavy atom. The Balaban J connectivity index is 1.46. The van der Waals surface area contributed by atoms with Gasteiger partial charge in [0.05, 0.1) is 13.2 Å². The normalized spacial score (nSPS) is 11.6. The molecule has 0 radical (unpaired) electrons. The van der Waals surface area contributed by atoms with Crippen molar-refractivity contribution in [3.8, 4) is 17.2 Å². The number of benzene rings is 3. The zero-order valence-corrected chi connectivity index (χ0v) is 15.5. The van der Waals surface area contributed by atoms with Crippen molar-refractivity contribution in [3.63, 3.8) is 0 Å². The number of carbonyl (C=O) groups is 1. The standard InChI is InChI=1S/C22H23NO4/c1-16(14-26-19-12-10-18(25-2)11-13-19)23-22(24)15-27-21-9-5-7-17-6-3-4-8-20(17)21/h3-13,16H,14-15H2,1-2H3,(H,23,24)/t16-/m0/s1. The van der Waals surface area contributed by atoms with Gasteiger partial charge in [-0.1, -0.05) is 36.4 Å². The Morgan fingerprint density at radius 1 is 0.926 bits per heavy atom. The zero-order chi connectivity index (χ0) is 19.1. The maximum Gasteiger partial charge on any atom is 0.258 e. The van der Waals surface area contributed by atoms with Gasteiger partial charge in [0.15, 0.2) is 6.61 Å². The fourth-order valence-corrected chi connectivity index (χ4v) is 2.72. The van der Waals surface area contributed by atoms with Crippen LogP contribution in [-0.2, 0) is 4.79 Å². The minimum atomic E-state index is -0.186. The molecule has 0 heterocycles. The summed E-state index contributed by atoms with van der Waals surface area (Å²) in [6.07, 6.45) is 0. The van der Waals surface area contributed by atoms with E-state index in [9.17, 15) is 4.79 Å². The molecule has 3 aromatic carbocycles. The van der Waals surface area contributed by atoms with Crippen LogP contribution in [-0.4, -0.2) is 32.3 Å². The third-order valence-corrected chi connectivity index (χ3v) is 4.08. The average Bonchev–Trinajstić information content (AvgIpc) is 2.71. The molecule has 0 unspecified atom stereocenters. The van der Waals surface area contributed by atoms with Gasteiger partial charge >= 0.3 is 0 Å². The van der Waals surface area contributed by atoms with Crippen molar-refractivity contribution in [3.05, 3.63) is 66.7 Å². The molecule has 0 aliphatic rings. The molecular weight excluding hydrogens is 342 g/mol. The molecule has 3 rings (SSSR count). The first-order valence-corrected chi connectivity index (χ1v) is 8.82. The molecule has 0 aliphatic carbocycles. The fraction of sp³-hybridized carbons (Fsp3) is 0.227. The topological polar surface area (TPSA) is 56.8 Å². The Bertz CT molecular complexity index is 887. The number of rotatable bonds is 8. The third kappa shape index (κ3) is 5.14. The van der Waals surface area contributed by atoms with E-state index in [1.165, 1.54) is 0 Å². The van der Waals surface area contributed by atoms with Gasteiger partial charge in [-0.05, 0) is 42.6 Å². The molecule has 27 heavy (non-hydrogen) atoms. The van der Waals surface area contributed by atoms with Gasteiger partial charge in [0.2, 0.25) is 0 Å². The Kier molecular flexibility index (Phi) is 6.15. The van der Waals surface area contributed by atoms with Crippen molar-refractivity contribution in [1.82, 2.24) is 5.32 Å². The van der Waals surface area contributed by atoms with Gasteiger partial charge in [-0.3, -0.25) is 4.79 Å². The number of amides is 1. The average molecular weight is 365 g/mol. The van der Waals surface area contributed by atoms with Gasteiger partial charge in [-0.25, -0.2) is 0 Å². The molecule has 0 bridgehead atoms. The lowest BCUT2D eigenvalue weighted by atomic mass is 10.1. The van der Waals surface area contributed by atoms with Crippen LogP contribution in [0.4, 0.5) is 0 Å². The third-order valence-electron chi connectivity index (χ3n) is 4.08. The summed E-state index contributed by atoms with van der Waals surface area (Å²) in [6.45, 7) is 2.21. The maximum atomic E-state index is 12.1. The van der Waals surface area contributed by atoms with Crippen LogP contribution in [0.25, 0.3) is 10.8 Å². The largest absolute Gasteiger partial charge is 0.497 e. The van der Waals surface area contributed by atoms with Gasteiger partial charge in [-0.2, -0.15) is 0 Å². The highest BCUT2D eigenvalue weighted by Gasteiger charge is 2.10. The van der Waals surface area contributed by atoms with Crippen molar-refractivity contribution >= 4 is 16.7 Å². The predicted octanol–water partition coefficient (Wildman–Crippen LogP) is 3.81. The smallest absolute Gasteiger partial charge is 0.258 e. The zero-order valence-electron chi connectivity index (χ0n) is 15.5. The molecule has 0 fully saturated rings. The lowest BCUT2D eigenvalue weighted by Gasteiger charge is -2.16. The van der Waals surface area contributed by atoms with Gasteiger partial charge in [0.25, 0.3) is 5.91 Å². The quantitative estimate of drug-likeness (QED) is 0.659. The first-order chi connectivity index (χ1) is 13.2. The summed E-state index contributed by atoms with van der Waals surface area (Å²) in [7, 11) is 1.62. The maximum absolute atomic E-state index is 12.1. The SMILES string of the molecule is COc1ccc(OC[C@H](C)NC(=O)COc2cccc3ccccc23)cc1. The van der Waals surface area contributed by atoms with Crippen LogP contribution in [0.5, 0.6) is 17.2 Å². The molecule has 0 saturated heterocycles. The second kappa shape index (κ2) is 8.94. The van der Waals surface area contributed by atoms with Crippen molar-refractivity contribution in [2.45, 2.75) is 13.0 Å². The molecule has 5 nitrogen and oxygen atoms in total. The van der Waals surface area contributed by atoms with E-state index in [-0.39, 0.29) is 18.6 Å². The van der Waals surface area contributed by atoms with E-state index in [0.29, 0.717) is 12.4 Å². The number of nitrogens with one attached hydrogen (secondary N) is 1. The second-order valence-corrected chi connectivity index (χ2v) is 6.22. The summed E-state index contributed by atoms with van der Waals surface area (Å²) >= 11 is 0. The molecule has 1 atom stereocenters. The Hall–Kier alpha value is -3.21. The van der Waals surface area contributed by atoms with E-state index in [1.807, 2.05) is 73.7 Å². The molecule has 1 N–H and O–H groups in total. The van der Waals surface area contributed by atoms with Crippen LogP contribution in [0, 0.1) is 0 Å². The number of hydrogen-bond acceptors (Lipinski definition) is 4. The molecule has 3 aromatic rings. The van der Waals surface area contributed by atoms with Crippen LogP contribution < -0.4 is 19.5 Å². The lowest BCUT2D eigenvalue weighted by molar-refractivity contribution is -0.123. The molecule has 0 spiro atoms. The van der Waals surface area contributed by atoms with E-state index >= 15 is 0 Å². The van der Waals surface area contributed by atoms with Crippen molar-refractivity contribution in [1.29, 1.82) is 0 Å². The predicted molar refractivity (Wildman–Crippen MR) is 106 cm³/mol. The highest BCUT2D eigenvalue weighted by molar-refractivity contribution is 5.88. The molecule has 5 heteroatoms. The van der Waals surface area contributed by atoms with Gasteiger partial charge in [0.1, 0.15) is 23.9 Å². The monoisotopic (exact) mass is 365 g/mol. The van der Waals surface area contributed by atoms with Crippen LogP contribution in [0.1, 0.15) is 6.92 Å². The number of hydrogen-bond donors (Lipinski definition) is 1. The van der Waals surface area contributed by atoms with Crippen molar-refractivity contribution in [2.75, 3.05) is 20.3 Å². The van der Waals surface area contributed by atoms with Crippen LogP contribution in [0.2, 0.25) is 0 Å². The summed E-state index contributed by atoms with van der Waals surface area (Å²) in [4.78, 5) is 12.1. The molecule has 0 aromatic heterocycles. The van der Waals surface area contributed by atoms with Gasteiger partial charge < -0.3 is 19.5 Å². The highest BCUT2D eigenvalue weighted by Crippen LogP contribution is 2.25. The Labute approximate surface area is 158 Å². The van der Waals surface area contributed by atoms with E-state index in [1.54, 1.807) is 7.11 Å². The van der Waals surface area contributed by atoms with Crippen LogP contribution in [0.15, 0.2) is 66.7 Å². The first-order valence-electron chi connectivity index (χ1n) is 8.82. The molecule has 0 aliphatic heterocycles. The highest BCUT2D eigenvalue weighted by atomic mass is 16.5. The van der Waals surface area contributed by atoms with Gasteiger partial charge in [0, 0.05) is 5.39 Å². The summed E-state index contributed by atoms with van der Waals surface area (Å²) in [6, 6.07) is 20.9. The second-order valence-electron chi connectivity index (χ2n) is 6.22. The summed E-state index contributed by atoms with van der Waals surface area (Å²) in [5.74, 6) is 2.01. The number of fused-ring (bicyclic) bond motifs is 1. The molecule has 140 valence electrons. The van der Waals surface area contributed by atoms with Crippen molar-refractivity contribution in [2.24, 2.45) is 0 Å². The van der Waals surface area contributed by atoms with E-state index in [2.05, 4.69) is 5.32 Å². The Morgan fingerprint density at radius 3 is 2.41 bits per heavy atom. The number of methoxy groups -OCH3 is 1. The minimum absolute atomic E-state index is 0.0408. The molecular formula is C22H23NO4. The first kappa shape index (κ1) is 18.6. The van der Waals surface area contributed by atoms with Gasteiger partial charge in [-0.15, -0.1) is 0 Å². The molecule has 1 amide bonds. The molecule has 0 saturated carbocycles. The minimum Gasteiger partial charge on any atom is -0.497 e. The number of carbonyl (C=O) groups excluding carboxylic acids is 1. The van der Waals surface area contributed by atoms with Crippen LogP contribution in [0.3, 0.4) is 0 Å².